The van der Waals surface area contributed by atoms with E-state index in [1.165, 1.54) is 31.4 Å². The zero-order valence-electron chi connectivity index (χ0n) is 22.2. The number of anilines is 2. The molecule has 2 aromatic carbocycles. The summed E-state index contributed by atoms with van der Waals surface area (Å²) < 4.78 is 15.1. The van der Waals surface area contributed by atoms with Gasteiger partial charge in [-0.25, -0.2) is 9.37 Å². The third kappa shape index (κ3) is 7.79. The molecule has 1 unspecified atom stereocenters. The fourth-order valence-electron chi connectivity index (χ4n) is 5.02. The molecule has 3 N–H and O–H groups in total. The molecule has 1 amide bonds. The van der Waals surface area contributed by atoms with Crippen LogP contribution in [0.4, 0.5) is 16.2 Å². The van der Waals surface area contributed by atoms with Crippen LogP contribution >= 0.6 is 11.6 Å². The molecule has 0 saturated heterocycles. The molecule has 5 rings (SSSR count). The normalized spacial score (nSPS) is 14.4. The second kappa shape index (κ2) is 13.4. The molecular weight excluding hydrogens is 529 g/mol. The average molecular weight is 562 g/mol. The van der Waals surface area contributed by atoms with E-state index >= 15 is 0 Å². The van der Waals surface area contributed by atoms with Gasteiger partial charge in [-0.3, -0.25) is 9.36 Å². The van der Waals surface area contributed by atoms with E-state index in [4.69, 9.17) is 16.6 Å². The van der Waals surface area contributed by atoms with Gasteiger partial charge >= 0.3 is 0 Å². The minimum atomic E-state index is -0.491. The van der Waals surface area contributed by atoms with Crippen LogP contribution in [0.2, 0.25) is 5.02 Å². The summed E-state index contributed by atoms with van der Waals surface area (Å²) in [7, 11) is 0. The van der Waals surface area contributed by atoms with E-state index in [-0.39, 0.29) is 11.7 Å². The summed E-state index contributed by atoms with van der Waals surface area (Å²) >= 11 is 6.15. The zero-order valence-corrected chi connectivity index (χ0v) is 22.9. The highest BCUT2D eigenvalue weighted by atomic mass is 35.5. The monoisotopic (exact) mass is 561 g/mol. The number of carbonyl (C=O) groups excluding carboxylic acids is 1. The Morgan fingerprint density at radius 2 is 1.85 bits per heavy atom. The van der Waals surface area contributed by atoms with E-state index in [9.17, 15) is 9.18 Å². The molecule has 1 atom stereocenters. The van der Waals surface area contributed by atoms with Crippen LogP contribution in [-0.2, 0) is 17.9 Å². The molecule has 0 spiro atoms. The molecule has 2 heterocycles. The Morgan fingerprint density at radius 1 is 1.02 bits per heavy atom. The summed E-state index contributed by atoms with van der Waals surface area (Å²) in [6.45, 7) is 0.801. The van der Waals surface area contributed by atoms with Crippen molar-refractivity contribution >= 4 is 29.3 Å². The fourth-order valence-corrected chi connectivity index (χ4v) is 5.24. The van der Waals surface area contributed by atoms with Gasteiger partial charge in [-0.2, -0.15) is 9.97 Å². The van der Waals surface area contributed by atoms with Gasteiger partial charge in [-0.05, 0) is 47.7 Å². The third-order valence-electron chi connectivity index (χ3n) is 7.13. The Bertz CT molecular complexity index is 1390. The number of halogens is 2. The lowest BCUT2D eigenvalue weighted by molar-refractivity contribution is -0.122. The SMILES string of the molecule is O=C(NCc1ccc(F)cc1)C(CC1CCCCC1)Nc1cc(-n2ccnc2)nc(NCc2cccc(Cl)c2)n1. The number of rotatable bonds is 11. The Balaban J connectivity index is 1.36. The summed E-state index contributed by atoms with van der Waals surface area (Å²) in [5.74, 6) is 1.60. The summed E-state index contributed by atoms with van der Waals surface area (Å²) in [6, 6.07) is 15.1. The molecule has 10 heteroatoms. The highest BCUT2D eigenvalue weighted by Gasteiger charge is 2.25. The van der Waals surface area contributed by atoms with Crippen molar-refractivity contribution in [2.75, 3.05) is 10.6 Å². The Hall–Kier alpha value is -3.98. The van der Waals surface area contributed by atoms with Gasteiger partial charge in [0.15, 0.2) is 0 Å². The molecule has 208 valence electrons. The van der Waals surface area contributed by atoms with E-state index in [0.29, 0.717) is 48.0 Å². The molecule has 0 radical (unpaired) electrons. The van der Waals surface area contributed by atoms with Crippen molar-refractivity contribution in [2.24, 2.45) is 5.92 Å². The van der Waals surface area contributed by atoms with Crippen molar-refractivity contribution in [1.82, 2.24) is 24.8 Å². The van der Waals surface area contributed by atoms with Crippen LogP contribution in [0, 0.1) is 11.7 Å². The van der Waals surface area contributed by atoms with Crippen molar-refractivity contribution in [3.63, 3.8) is 0 Å². The lowest BCUT2D eigenvalue weighted by atomic mass is 9.84. The lowest BCUT2D eigenvalue weighted by Crippen LogP contribution is -2.41. The second-order valence-electron chi connectivity index (χ2n) is 10.2. The number of imidazole rings is 1. The Morgan fingerprint density at radius 3 is 2.60 bits per heavy atom. The molecule has 0 bridgehead atoms. The molecule has 4 aromatic rings. The second-order valence-corrected chi connectivity index (χ2v) is 10.6. The largest absolute Gasteiger partial charge is 0.358 e. The minimum Gasteiger partial charge on any atom is -0.358 e. The van der Waals surface area contributed by atoms with Gasteiger partial charge < -0.3 is 16.0 Å². The maximum atomic E-state index is 13.5. The van der Waals surface area contributed by atoms with Gasteiger partial charge in [-0.15, -0.1) is 0 Å². The molecule has 1 fully saturated rings. The topological polar surface area (TPSA) is 96.8 Å². The van der Waals surface area contributed by atoms with Gasteiger partial charge in [0.05, 0.1) is 0 Å². The molecular formula is C30H33ClFN7O. The summed E-state index contributed by atoms with van der Waals surface area (Å²) in [6.07, 6.45) is 11.7. The highest BCUT2D eigenvalue weighted by molar-refractivity contribution is 6.30. The van der Waals surface area contributed by atoms with E-state index in [1.54, 1.807) is 29.2 Å². The third-order valence-corrected chi connectivity index (χ3v) is 7.37. The summed E-state index contributed by atoms with van der Waals surface area (Å²) in [4.78, 5) is 27.0. The van der Waals surface area contributed by atoms with Crippen LogP contribution in [0.1, 0.15) is 49.7 Å². The van der Waals surface area contributed by atoms with E-state index in [2.05, 4.69) is 25.9 Å². The highest BCUT2D eigenvalue weighted by Crippen LogP contribution is 2.28. The van der Waals surface area contributed by atoms with Crippen LogP contribution < -0.4 is 16.0 Å². The maximum Gasteiger partial charge on any atom is 0.242 e. The van der Waals surface area contributed by atoms with Crippen LogP contribution in [0.15, 0.2) is 73.3 Å². The van der Waals surface area contributed by atoms with Gasteiger partial charge in [0, 0.05) is 36.6 Å². The quantitative estimate of drug-likeness (QED) is 0.204. The number of hydrogen-bond donors (Lipinski definition) is 3. The Kier molecular flexibility index (Phi) is 9.23. The van der Waals surface area contributed by atoms with Gasteiger partial charge in [0.2, 0.25) is 11.9 Å². The van der Waals surface area contributed by atoms with Gasteiger partial charge in [0.1, 0.15) is 29.8 Å². The zero-order chi connectivity index (χ0) is 27.7. The van der Waals surface area contributed by atoms with Gasteiger partial charge in [-0.1, -0.05) is 68.0 Å². The summed E-state index contributed by atoms with van der Waals surface area (Å²) in [5.41, 5.74) is 1.83. The van der Waals surface area contributed by atoms with E-state index in [1.807, 2.05) is 36.5 Å². The molecule has 1 saturated carbocycles. The number of hydrogen-bond acceptors (Lipinski definition) is 6. The van der Waals surface area contributed by atoms with Crippen molar-refractivity contribution in [2.45, 2.75) is 57.7 Å². The van der Waals surface area contributed by atoms with Crippen molar-refractivity contribution in [1.29, 1.82) is 0 Å². The molecule has 8 nitrogen and oxygen atoms in total. The van der Waals surface area contributed by atoms with Crippen LogP contribution in [0.3, 0.4) is 0 Å². The van der Waals surface area contributed by atoms with E-state index in [0.717, 1.165) is 24.0 Å². The molecule has 40 heavy (non-hydrogen) atoms. The molecule has 0 aliphatic heterocycles. The minimum absolute atomic E-state index is 0.119. The number of nitrogens with zero attached hydrogens (tertiary/aromatic N) is 4. The first kappa shape index (κ1) is 27.6. The molecule has 2 aromatic heterocycles. The fraction of sp³-hybridized carbons (Fsp3) is 0.333. The van der Waals surface area contributed by atoms with E-state index < -0.39 is 6.04 Å². The first-order valence-corrected chi connectivity index (χ1v) is 14.0. The number of carbonyl (C=O) groups is 1. The predicted molar refractivity (Wildman–Crippen MR) is 155 cm³/mol. The van der Waals surface area contributed by atoms with Crippen molar-refractivity contribution in [3.8, 4) is 5.82 Å². The lowest BCUT2D eigenvalue weighted by Gasteiger charge is -2.27. The van der Waals surface area contributed by atoms with Crippen LogP contribution in [0.5, 0.6) is 0 Å². The number of amides is 1. The van der Waals surface area contributed by atoms with Crippen molar-refractivity contribution in [3.05, 3.63) is 95.3 Å². The Labute approximate surface area is 238 Å². The maximum absolute atomic E-state index is 13.5. The van der Waals surface area contributed by atoms with Crippen molar-refractivity contribution < 1.29 is 9.18 Å². The standard InChI is InChI=1S/C30H33ClFN7O/c31-24-8-4-7-23(15-24)19-35-30-37-27(17-28(38-30)39-14-13-33-20-39)36-26(16-21-5-2-1-3-6-21)29(40)34-18-22-9-11-25(32)12-10-22/h4,7-15,17,20-21,26H,1-3,5-6,16,18-19H2,(H,34,40)(H2,35,36,37,38). The first-order chi connectivity index (χ1) is 19.5. The van der Waals surface area contributed by atoms with Crippen LogP contribution in [0.25, 0.3) is 5.82 Å². The smallest absolute Gasteiger partial charge is 0.242 e. The molecule has 1 aliphatic carbocycles. The first-order valence-electron chi connectivity index (χ1n) is 13.7. The number of nitrogens with one attached hydrogen (secondary N) is 3. The number of benzene rings is 2. The van der Waals surface area contributed by atoms with Crippen LogP contribution in [-0.4, -0.2) is 31.5 Å². The molecule has 1 aliphatic rings. The summed E-state index contributed by atoms with van der Waals surface area (Å²) in [5, 5.41) is 10.4. The number of aromatic nitrogens is 4. The average Bonchev–Trinajstić information content (AvgIpc) is 3.51. The predicted octanol–water partition coefficient (Wildman–Crippen LogP) is 6.13. The van der Waals surface area contributed by atoms with Gasteiger partial charge in [0.25, 0.3) is 0 Å².